The summed E-state index contributed by atoms with van der Waals surface area (Å²) in [6.07, 6.45) is 1.41. The minimum absolute atomic E-state index is 0.386. The molecule has 0 radical (unpaired) electrons. The molecule has 2 heterocycles. The first-order valence-electron chi connectivity index (χ1n) is 3.94. The summed E-state index contributed by atoms with van der Waals surface area (Å²) in [6.45, 7) is 1.31. The number of carbonyl (C=O) groups excluding carboxylic acids is 1. The summed E-state index contributed by atoms with van der Waals surface area (Å²) < 4.78 is 5.23. The number of hydrogen-bond donors (Lipinski definition) is 2. The third-order valence-corrected chi connectivity index (χ3v) is 1.79. The molecule has 1 aliphatic rings. The second kappa shape index (κ2) is 2.93. The molecule has 2 rings (SSSR count). The van der Waals surface area contributed by atoms with Gasteiger partial charge >= 0.3 is 0 Å². The van der Waals surface area contributed by atoms with Gasteiger partial charge in [-0.05, 0) is 6.07 Å². The monoisotopic (exact) mass is 179 g/mol. The van der Waals surface area contributed by atoms with Crippen LogP contribution in [0.25, 0.3) is 0 Å². The molecule has 0 aliphatic carbocycles. The van der Waals surface area contributed by atoms with Crippen molar-refractivity contribution >= 4 is 11.6 Å². The maximum absolute atomic E-state index is 10.8. The molecule has 1 amide bonds. The van der Waals surface area contributed by atoms with E-state index in [1.54, 1.807) is 6.07 Å². The van der Waals surface area contributed by atoms with Crippen LogP contribution in [0.15, 0.2) is 12.3 Å². The Balaban J connectivity index is 2.40. The molecule has 5 nitrogen and oxygen atoms in total. The van der Waals surface area contributed by atoms with E-state index in [0.717, 1.165) is 12.2 Å². The van der Waals surface area contributed by atoms with Gasteiger partial charge in [-0.25, -0.2) is 4.98 Å². The van der Waals surface area contributed by atoms with E-state index < -0.39 is 5.91 Å². The normalized spacial score (nSPS) is 13.8. The molecule has 13 heavy (non-hydrogen) atoms. The number of pyridine rings is 1. The molecular weight excluding hydrogens is 170 g/mol. The lowest BCUT2D eigenvalue weighted by atomic mass is 10.2. The predicted octanol–water partition coefficient (Wildman–Crippen LogP) is -0.0152. The topological polar surface area (TPSA) is 77.2 Å². The van der Waals surface area contributed by atoms with E-state index in [1.807, 2.05) is 0 Å². The van der Waals surface area contributed by atoms with Crippen LogP contribution in [0, 0.1) is 0 Å². The molecule has 0 aromatic carbocycles. The molecule has 1 aromatic heterocycles. The van der Waals surface area contributed by atoms with Gasteiger partial charge in [0.15, 0.2) is 0 Å². The molecule has 0 bridgehead atoms. The Morgan fingerprint density at radius 2 is 2.54 bits per heavy atom. The molecule has 3 N–H and O–H groups in total. The van der Waals surface area contributed by atoms with Crippen LogP contribution in [0.3, 0.4) is 0 Å². The maximum atomic E-state index is 10.8. The minimum atomic E-state index is -0.484. The third-order valence-electron chi connectivity index (χ3n) is 1.79. The first-order valence-corrected chi connectivity index (χ1v) is 3.94. The summed E-state index contributed by atoms with van der Waals surface area (Å²) in [4.78, 5) is 14.8. The van der Waals surface area contributed by atoms with Crippen molar-refractivity contribution in [1.82, 2.24) is 4.98 Å². The SMILES string of the molecule is NC(=O)c1cnc2c(c1)NCCO2. The molecule has 68 valence electrons. The van der Waals surface area contributed by atoms with Gasteiger partial charge in [-0.2, -0.15) is 0 Å². The van der Waals surface area contributed by atoms with Gasteiger partial charge in [-0.15, -0.1) is 0 Å². The summed E-state index contributed by atoms with van der Waals surface area (Å²) >= 11 is 0. The van der Waals surface area contributed by atoms with Crippen molar-refractivity contribution in [2.45, 2.75) is 0 Å². The van der Waals surface area contributed by atoms with Crippen LogP contribution in [0.4, 0.5) is 5.69 Å². The summed E-state index contributed by atoms with van der Waals surface area (Å²) in [5.74, 6) is 0.0407. The zero-order valence-electron chi connectivity index (χ0n) is 6.91. The van der Waals surface area contributed by atoms with E-state index >= 15 is 0 Å². The van der Waals surface area contributed by atoms with E-state index in [4.69, 9.17) is 10.5 Å². The lowest BCUT2D eigenvalue weighted by molar-refractivity contribution is 0.1000. The van der Waals surface area contributed by atoms with E-state index in [9.17, 15) is 4.79 Å². The molecule has 5 heteroatoms. The number of nitrogens with zero attached hydrogens (tertiary/aromatic N) is 1. The molecule has 1 aliphatic heterocycles. The highest BCUT2D eigenvalue weighted by Crippen LogP contribution is 2.24. The highest BCUT2D eigenvalue weighted by Gasteiger charge is 2.12. The van der Waals surface area contributed by atoms with Crippen LogP contribution < -0.4 is 15.8 Å². The minimum Gasteiger partial charge on any atom is -0.474 e. The van der Waals surface area contributed by atoms with Crippen LogP contribution in [0.1, 0.15) is 10.4 Å². The van der Waals surface area contributed by atoms with Crippen molar-refractivity contribution in [2.75, 3.05) is 18.5 Å². The van der Waals surface area contributed by atoms with Gasteiger partial charge in [0, 0.05) is 12.7 Å². The zero-order chi connectivity index (χ0) is 9.26. The molecule has 1 aromatic rings. The molecular formula is C8H9N3O2. The summed E-state index contributed by atoms with van der Waals surface area (Å²) in [7, 11) is 0. The lowest BCUT2D eigenvalue weighted by Crippen LogP contribution is -2.20. The third kappa shape index (κ3) is 1.40. The van der Waals surface area contributed by atoms with Crippen molar-refractivity contribution in [2.24, 2.45) is 5.73 Å². The fraction of sp³-hybridized carbons (Fsp3) is 0.250. The van der Waals surface area contributed by atoms with Crippen LogP contribution in [-0.2, 0) is 0 Å². The molecule has 0 saturated heterocycles. The Morgan fingerprint density at radius 3 is 3.31 bits per heavy atom. The number of fused-ring (bicyclic) bond motifs is 1. The van der Waals surface area contributed by atoms with Crippen molar-refractivity contribution < 1.29 is 9.53 Å². The number of carbonyl (C=O) groups is 1. The maximum Gasteiger partial charge on any atom is 0.250 e. The number of hydrogen-bond acceptors (Lipinski definition) is 4. The van der Waals surface area contributed by atoms with E-state index in [-0.39, 0.29) is 0 Å². The van der Waals surface area contributed by atoms with Crippen molar-refractivity contribution in [3.05, 3.63) is 17.8 Å². The Hall–Kier alpha value is -1.78. The van der Waals surface area contributed by atoms with Gasteiger partial charge in [0.05, 0.1) is 11.3 Å². The van der Waals surface area contributed by atoms with Crippen LogP contribution in [0.5, 0.6) is 5.88 Å². The second-order valence-corrected chi connectivity index (χ2v) is 2.72. The fourth-order valence-electron chi connectivity index (χ4n) is 1.16. The van der Waals surface area contributed by atoms with Crippen LogP contribution >= 0.6 is 0 Å². The Labute approximate surface area is 74.9 Å². The molecule has 0 fully saturated rings. The van der Waals surface area contributed by atoms with Gasteiger partial charge in [-0.1, -0.05) is 0 Å². The van der Waals surface area contributed by atoms with E-state index in [0.29, 0.717) is 18.1 Å². The highest BCUT2D eigenvalue weighted by atomic mass is 16.5. The van der Waals surface area contributed by atoms with Gasteiger partial charge in [0.1, 0.15) is 6.61 Å². The standard InChI is InChI=1S/C8H9N3O2/c9-7(12)5-3-6-8(11-4-5)13-2-1-10-6/h3-4,10H,1-2H2,(H2,9,12). The number of rotatable bonds is 1. The lowest BCUT2D eigenvalue weighted by Gasteiger charge is -2.17. The molecule has 0 unspecified atom stereocenters. The van der Waals surface area contributed by atoms with Gasteiger partial charge < -0.3 is 15.8 Å². The Morgan fingerprint density at radius 1 is 1.69 bits per heavy atom. The summed E-state index contributed by atoms with van der Waals surface area (Å²) in [5, 5.41) is 3.06. The van der Waals surface area contributed by atoms with Crippen molar-refractivity contribution in [1.29, 1.82) is 0 Å². The quantitative estimate of drug-likeness (QED) is 0.635. The Bertz CT molecular complexity index is 351. The summed E-state index contributed by atoms with van der Waals surface area (Å²) in [6, 6.07) is 1.64. The number of nitrogens with one attached hydrogen (secondary N) is 1. The van der Waals surface area contributed by atoms with E-state index in [2.05, 4.69) is 10.3 Å². The van der Waals surface area contributed by atoms with Crippen LogP contribution in [-0.4, -0.2) is 24.0 Å². The first kappa shape index (κ1) is 7.85. The van der Waals surface area contributed by atoms with E-state index in [1.165, 1.54) is 6.20 Å². The largest absolute Gasteiger partial charge is 0.474 e. The molecule has 0 saturated carbocycles. The Kier molecular flexibility index (Phi) is 1.77. The first-order chi connectivity index (χ1) is 6.27. The average Bonchev–Trinajstić information content (AvgIpc) is 2.17. The highest BCUT2D eigenvalue weighted by molar-refractivity contribution is 5.93. The van der Waals surface area contributed by atoms with Gasteiger partial charge in [-0.3, -0.25) is 4.79 Å². The van der Waals surface area contributed by atoms with Crippen molar-refractivity contribution in [3.8, 4) is 5.88 Å². The average molecular weight is 179 g/mol. The number of amides is 1. The number of ether oxygens (including phenoxy) is 1. The smallest absolute Gasteiger partial charge is 0.250 e. The van der Waals surface area contributed by atoms with Crippen LogP contribution in [0.2, 0.25) is 0 Å². The number of aromatic nitrogens is 1. The fourth-order valence-corrected chi connectivity index (χ4v) is 1.16. The number of nitrogens with two attached hydrogens (primary N) is 1. The zero-order valence-corrected chi connectivity index (χ0v) is 6.91. The second-order valence-electron chi connectivity index (χ2n) is 2.72. The van der Waals surface area contributed by atoms with Crippen molar-refractivity contribution in [3.63, 3.8) is 0 Å². The number of primary amides is 1. The van der Waals surface area contributed by atoms with Gasteiger partial charge in [0.2, 0.25) is 11.8 Å². The van der Waals surface area contributed by atoms with Gasteiger partial charge in [0.25, 0.3) is 0 Å². The number of anilines is 1. The molecule has 0 atom stereocenters. The predicted molar refractivity (Wildman–Crippen MR) is 46.7 cm³/mol. The molecule has 0 spiro atoms. The summed E-state index contributed by atoms with van der Waals surface area (Å²) in [5.41, 5.74) is 6.21.